The van der Waals surface area contributed by atoms with E-state index in [0.29, 0.717) is 23.9 Å². The van der Waals surface area contributed by atoms with Crippen LogP contribution < -0.4 is 5.32 Å². The smallest absolute Gasteiger partial charge is 0.341 e. The van der Waals surface area contributed by atoms with Gasteiger partial charge in [-0.2, -0.15) is 0 Å². The summed E-state index contributed by atoms with van der Waals surface area (Å²) >= 11 is 0. The molecule has 0 saturated carbocycles. The normalized spacial score (nSPS) is 10.2. The fourth-order valence-electron chi connectivity index (χ4n) is 1.73. The SMILES string of the molecule is CCOC(=O)c1cnc(Nc2cc(C)cc(C)n2)nc1. The van der Waals surface area contributed by atoms with Crippen molar-refractivity contribution >= 4 is 17.7 Å². The number of anilines is 2. The quantitative estimate of drug-likeness (QED) is 0.861. The third kappa shape index (κ3) is 3.50. The van der Waals surface area contributed by atoms with E-state index in [4.69, 9.17) is 4.74 Å². The molecule has 2 rings (SSSR count). The molecule has 0 aliphatic rings. The molecule has 6 nitrogen and oxygen atoms in total. The second-order valence-corrected chi connectivity index (χ2v) is 4.31. The van der Waals surface area contributed by atoms with E-state index >= 15 is 0 Å². The number of rotatable bonds is 4. The van der Waals surface area contributed by atoms with E-state index in [1.54, 1.807) is 6.92 Å². The molecule has 2 aromatic rings. The van der Waals surface area contributed by atoms with Crippen LogP contribution in [0.25, 0.3) is 0 Å². The van der Waals surface area contributed by atoms with E-state index in [1.807, 2.05) is 26.0 Å². The van der Waals surface area contributed by atoms with Gasteiger partial charge < -0.3 is 10.1 Å². The molecule has 0 bridgehead atoms. The summed E-state index contributed by atoms with van der Waals surface area (Å²) in [6.07, 6.45) is 2.85. The summed E-state index contributed by atoms with van der Waals surface area (Å²) in [5.74, 6) is 0.630. The molecule has 0 saturated heterocycles. The average Bonchev–Trinajstić information content (AvgIpc) is 2.38. The van der Waals surface area contributed by atoms with Crippen LogP contribution in [0, 0.1) is 13.8 Å². The average molecular weight is 272 g/mol. The zero-order chi connectivity index (χ0) is 14.5. The molecule has 2 heterocycles. The number of carbonyl (C=O) groups is 1. The van der Waals surface area contributed by atoms with Gasteiger partial charge in [-0.15, -0.1) is 0 Å². The molecule has 0 aromatic carbocycles. The van der Waals surface area contributed by atoms with Crippen molar-refractivity contribution in [3.8, 4) is 0 Å². The summed E-state index contributed by atoms with van der Waals surface area (Å²) in [5.41, 5.74) is 2.34. The Morgan fingerprint density at radius 3 is 2.55 bits per heavy atom. The third-order valence-electron chi connectivity index (χ3n) is 2.50. The molecule has 2 aromatic heterocycles. The van der Waals surface area contributed by atoms with Crippen molar-refractivity contribution in [2.24, 2.45) is 0 Å². The van der Waals surface area contributed by atoms with Crippen LogP contribution in [-0.2, 0) is 4.74 Å². The van der Waals surface area contributed by atoms with E-state index in [9.17, 15) is 4.79 Å². The molecule has 104 valence electrons. The molecule has 0 aliphatic heterocycles. The lowest BCUT2D eigenvalue weighted by Gasteiger charge is -2.06. The number of ether oxygens (including phenoxy) is 1. The first kappa shape index (κ1) is 13.9. The molecule has 20 heavy (non-hydrogen) atoms. The molecule has 0 fully saturated rings. The van der Waals surface area contributed by atoms with Crippen molar-refractivity contribution in [3.63, 3.8) is 0 Å². The third-order valence-corrected chi connectivity index (χ3v) is 2.50. The van der Waals surface area contributed by atoms with Gasteiger partial charge in [0.05, 0.1) is 12.2 Å². The van der Waals surface area contributed by atoms with Gasteiger partial charge in [0.25, 0.3) is 0 Å². The monoisotopic (exact) mass is 272 g/mol. The number of aromatic nitrogens is 3. The van der Waals surface area contributed by atoms with Crippen molar-refractivity contribution in [3.05, 3.63) is 41.3 Å². The van der Waals surface area contributed by atoms with E-state index in [-0.39, 0.29) is 0 Å². The summed E-state index contributed by atoms with van der Waals surface area (Å²) in [7, 11) is 0. The van der Waals surface area contributed by atoms with Gasteiger partial charge in [-0.1, -0.05) is 0 Å². The van der Waals surface area contributed by atoms with Gasteiger partial charge >= 0.3 is 5.97 Å². The highest BCUT2D eigenvalue weighted by Crippen LogP contribution is 2.13. The summed E-state index contributed by atoms with van der Waals surface area (Å²) in [6.45, 7) is 5.99. The summed E-state index contributed by atoms with van der Waals surface area (Å²) in [4.78, 5) is 23.9. The Morgan fingerprint density at radius 2 is 1.95 bits per heavy atom. The molecule has 0 amide bonds. The number of carbonyl (C=O) groups excluding carboxylic acids is 1. The Bertz CT molecular complexity index is 591. The van der Waals surface area contributed by atoms with Crippen molar-refractivity contribution in [2.45, 2.75) is 20.8 Å². The van der Waals surface area contributed by atoms with Crippen molar-refractivity contribution in [2.75, 3.05) is 11.9 Å². The Hall–Kier alpha value is -2.50. The van der Waals surface area contributed by atoms with E-state index in [2.05, 4.69) is 20.3 Å². The van der Waals surface area contributed by atoms with Gasteiger partial charge in [-0.25, -0.2) is 19.7 Å². The lowest BCUT2D eigenvalue weighted by atomic mass is 10.2. The minimum absolute atomic E-state index is 0.325. The molecule has 0 spiro atoms. The Labute approximate surface area is 117 Å². The maximum atomic E-state index is 11.5. The fourth-order valence-corrected chi connectivity index (χ4v) is 1.73. The lowest BCUT2D eigenvalue weighted by molar-refractivity contribution is 0.0525. The minimum atomic E-state index is -0.427. The highest BCUT2D eigenvalue weighted by atomic mass is 16.5. The molecule has 0 unspecified atom stereocenters. The predicted molar refractivity (Wildman–Crippen MR) is 75.0 cm³/mol. The van der Waals surface area contributed by atoms with E-state index < -0.39 is 5.97 Å². The van der Waals surface area contributed by atoms with Crippen LogP contribution in [0.3, 0.4) is 0 Å². The molecular formula is C14H16N4O2. The fraction of sp³-hybridized carbons (Fsp3) is 0.286. The van der Waals surface area contributed by atoms with Crippen molar-refractivity contribution in [1.29, 1.82) is 0 Å². The molecular weight excluding hydrogens is 256 g/mol. The number of nitrogens with zero attached hydrogens (tertiary/aromatic N) is 3. The zero-order valence-corrected chi connectivity index (χ0v) is 11.7. The maximum absolute atomic E-state index is 11.5. The zero-order valence-electron chi connectivity index (χ0n) is 11.7. The highest BCUT2D eigenvalue weighted by molar-refractivity contribution is 5.88. The highest BCUT2D eigenvalue weighted by Gasteiger charge is 2.08. The second-order valence-electron chi connectivity index (χ2n) is 4.31. The first-order valence-corrected chi connectivity index (χ1v) is 6.30. The Kier molecular flexibility index (Phi) is 4.24. The number of hydrogen-bond donors (Lipinski definition) is 1. The van der Waals surface area contributed by atoms with Crippen LogP contribution in [0.2, 0.25) is 0 Å². The van der Waals surface area contributed by atoms with Gasteiger partial charge in [-0.05, 0) is 38.5 Å². The standard InChI is InChI=1S/C14H16N4O2/c1-4-20-13(19)11-7-15-14(16-8-11)18-12-6-9(2)5-10(3)17-12/h5-8H,4H2,1-3H3,(H,15,16,17,18). The summed E-state index contributed by atoms with van der Waals surface area (Å²) in [5, 5.41) is 3.00. The van der Waals surface area contributed by atoms with Gasteiger partial charge in [-0.3, -0.25) is 0 Å². The van der Waals surface area contributed by atoms with E-state index in [1.165, 1.54) is 12.4 Å². The summed E-state index contributed by atoms with van der Waals surface area (Å²) in [6, 6.07) is 3.88. The number of aryl methyl sites for hydroxylation is 2. The van der Waals surface area contributed by atoms with Crippen LogP contribution in [-0.4, -0.2) is 27.5 Å². The van der Waals surface area contributed by atoms with Gasteiger partial charge in [0.15, 0.2) is 0 Å². The predicted octanol–water partition coefficient (Wildman–Crippen LogP) is 2.41. The van der Waals surface area contributed by atoms with Crippen molar-refractivity contribution in [1.82, 2.24) is 15.0 Å². The second kappa shape index (κ2) is 6.10. The summed E-state index contributed by atoms with van der Waals surface area (Å²) < 4.78 is 4.87. The first-order valence-electron chi connectivity index (χ1n) is 6.30. The van der Waals surface area contributed by atoms with Gasteiger partial charge in [0.1, 0.15) is 5.82 Å². The number of esters is 1. The van der Waals surface area contributed by atoms with Crippen LogP contribution >= 0.6 is 0 Å². The van der Waals surface area contributed by atoms with Gasteiger partial charge in [0.2, 0.25) is 5.95 Å². The minimum Gasteiger partial charge on any atom is -0.462 e. The van der Waals surface area contributed by atoms with Crippen molar-refractivity contribution < 1.29 is 9.53 Å². The van der Waals surface area contributed by atoms with E-state index in [0.717, 1.165) is 11.3 Å². The number of pyridine rings is 1. The van der Waals surface area contributed by atoms with Gasteiger partial charge in [0, 0.05) is 18.1 Å². The largest absolute Gasteiger partial charge is 0.462 e. The molecule has 0 atom stereocenters. The Balaban J connectivity index is 2.12. The van der Waals surface area contributed by atoms with Crippen LogP contribution in [0.5, 0.6) is 0 Å². The van der Waals surface area contributed by atoms with Crippen LogP contribution in [0.1, 0.15) is 28.5 Å². The lowest BCUT2D eigenvalue weighted by Crippen LogP contribution is -2.07. The molecule has 0 aliphatic carbocycles. The topological polar surface area (TPSA) is 77.0 Å². The van der Waals surface area contributed by atoms with Crippen LogP contribution in [0.4, 0.5) is 11.8 Å². The molecule has 6 heteroatoms. The number of hydrogen-bond acceptors (Lipinski definition) is 6. The molecule has 1 N–H and O–H groups in total. The maximum Gasteiger partial charge on any atom is 0.341 e. The molecule has 0 radical (unpaired) electrons. The first-order chi connectivity index (χ1) is 9.58. The van der Waals surface area contributed by atoms with Crippen LogP contribution in [0.15, 0.2) is 24.5 Å². The number of nitrogens with one attached hydrogen (secondary N) is 1. The Morgan fingerprint density at radius 1 is 1.25 bits per heavy atom.